The van der Waals surface area contributed by atoms with Crippen LogP contribution in [0.1, 0.15) is 38.2 Å². The first kappa shape index (κ1) is 19.0. The molecule has 0 radical (unpaired) electrons. The molecular weight excluding hydrogens is 394 g/mol. The summed E-state index contributed by atoms with van der Waals surface area (Å²) in [6, 6.07) is 5.95. The topological polar surface area (TPSA) is 79.0 Å². The Bertz CT molecular complexity index is 1010. The maximum Gasteiger partial charge on any atom is 0.231 e. The molecule has 1 aromatic carbocycles. The van der Waals surface area contributed by atoms with E-state index in [9.17, 15) is 14.4 Å². The van der Waals surface area contributed by atoms with Crippen LogP contribution in [0.3, 0.4) is 0 Å². The summed E-state index contributed by atoms with van der Waals surface area (Å²) < 4.78 is 6.25. The van der Waals surface area contributed by atoms with Crippen LogP contribution in [0.4, 0.5) is 11.4 Å². The summed E-state index contributed by atoms with van der Waals surface area (Å²) in [4.78, 5) is 42.2. The largest absolute Gasteiger partial charge is 0.360 e. The minimum atomic E-state index is -0.647. The number of nitrogens with one attached hydrogen (secondary N) is 1. The highest BCUT2D eigenvalue weighted by Gasteiger charge is 2.67. The molecule has 162 valence electrons. The third kappa shape index (κ3) is 2.72. The molecule has 2 bridgehead atoms. The molecule has 4 atom stereocenters. The van der Waals surface area contributed by atoms with Gasteiger partial charge in [-0.3, -0.25) is 14.4 Å². The van der Waals surface area contributed by atoms with Crippen molar-refractivity contribution in [1.29, 1.82) is 0 Å². The number of nitrogens with zero attached hydrogens (tertiary/aromatic N) is 2. The second kappa shape index (κ2) is 6.66. The molecule has 6 rings (SSSR count). The maximum absolute atomic E-state index is 13.4. The highest BCUT2D eigenvalue weighted by molar-refractivity contribution is 6.00. The van der Waals surface area contributed by atoms with Crippen LogP contribution in [-0.4, -0.2) is 53.5 Å². The van der Waals surface area contributed by atoms with E-state index in [1.807, 2.05) is 35.3 Å². The van der Waals surface area contributed by atoms with Crippen LogP contribution in [0, 0.1) is 11.8 Å². The van der Waals surface area contributed by atoms with Crippen molar-refractivity contribution in [3.05, 3.63) is 35.9 Å². The third-order valence-corrected chi connectivity index (χ3v) is 7.82. The fourth-order valence-corrected chi connectivity index (χ4v) is 6.38. The summed E-state index contributed by atoms with van der Waals surface area (Å²) in [6.07, 6.45) is 8.82. The van der Waals surface area contributed by atoms with Crippen molar-refractivity contribution in [2.45, 2.75) is 56.8 Å². The Balaban J connectivity index is 1.23. The van der Waals surface area contributed by atoms with Gasteiger partial charge in [-0.1, -0.05) is 25.0 Å². The fourth-order valence-electron chi connectivity index (χ4n) is 6.38. The molecule has 4 heterocycles. The van der Waals surface area contributed by atoms with Gasteiger partial charge in [-0.25, -0.2) is 0 Å². The Morgan fingerprint density at radius 2 is 2.03 bits per heavy atom. The average Bonchev–Trinajstić information content (AvgIpc) is 3.54. The van der Waals surface area contributed by atoms with E-state index in [0.29, 0.717) is 18.8 Å². The predicted octanol–water partition coefficient (Wildman–Crippen LogP) is 2.26. The van der Waals surface area contributed by atoms with Gasteiger partial charge in [0, 0.05) is 30.9 Å². The van der Waals surface area contributed by atoms with Crippen molar-refractivity contribution in [1.82, 2.24) is 4.90 Å². The van der Waals surface area contributed by atoms with Crippen LogP contribution < -0.4 is 10.2 Å². The van der Waals surface area contributed by atoms with Gasteiger partial charge in [-0.05, 0) is 43.0 Å². The molecule has 2 saturated heterocycles. The Hall–Kier alpha value is -2.67. The quantitative estimate of drug-likeness (QED) is 0.760. The molecule has 4 aliphatic heterocycles. The van der Waals surface area contributed by atoms with Crippen LogP contribution in [0.15, 0.2) is 30.4 Å². The van der Waals surface area contributed by atoms with E-state index in [4.69, 9.17) is 4.74 Å². The molecule has 31 heavy (non-hydrogen) atoms. The third-order valence-electron chi connectivity index (χ3n) is 7.82. The lowest BCUT2D eigenvalue weighted by Crippen LogP contribution is -2.42. The van der Waals surface area contributed by atoms with Gasteiger partial charge in [-0.15, -0.1) is 0 Å². The first-order chi connectivity index (χ1) is 15.0. The molecule has 1 spiro atoms. The normalized spacial score (nSPS) is 33.3. The minimum Gasteiger partial charge on any atom is -0.360 e. The van der Waals surface area contributed by atoms with E-state index in [2.05, 4.69) is 5.32 Å². The zero-order valence-corrected chi connectivity index (χ0v) is 17.7. The van der Waals surface area contributed by atoms with E-state index in [-0.39, 0.29) is 29.9 Å². The van der Waals surface area contributed by atoms with Crippen LogP contribution in [0.25, 0.3) is 0 Å². The van der Waals surface area contributed by atoms with E-state index in [1.54, 1.807) is 11.8 Å². The zero-order chi connectivity index (χ0) is 21.3. The number of hydrogen-bond donors (Lipinski definition) is 1. The molecule has 1 saturated carbocycles. The van der Waals surface area contributed by atoms with Crippen LogP contribution >= 0.6 is 0 Å². The van der Waals surface area contributed by atoms with Gasteiger partial charge < -0.3 is 19.9 Å². The maximum atomic E-state index is 13.4. The van der Waals surface area contributed by atoms with Crippen molar-refractivity contribution >= 4 is 29.1 Å². The SMILES string of the molecule is CC(=O)N1CCc2cc(NC(=O)[C@@H]3[C@H]4C=C[C@@]5(CN(C6CCCC6)C(=O)[C@@H]35)O4)ccc21. The standard InChI is InChI=1S/C24H27N3O4/c1-14(28)26-11-9-15-12-16(6-7-18(15)26)25-22(29)20-19-8-10-24(31-19)13-27(23(30)21(20)24)17-4-2-3-5-17/h6-8,10,12,17,19-21H,2-5,9,11,13H2,1H3,(H,25,29)/t19-,20-,21-,24+/m1/s1. The molecule has 7 nitrogen and oxygen atoms in total. The number of amides is 3. The number of anilines is 2. The molecule has 7 heteroatoms. The van der Waals surface area contributed by atoms with E-state index in [1.165, 1.54) is 0 Å². The van der Waals surface area contributed by atoms with Crippen LogP contribution in [0.5, 0.6) is 0 Å². The summed E-state index contributed by atoms with van der Waals surface area (Å²) in [7, 11) is 0. The fraction of sp³-hybridized carbons (Fsp3) is 0.542. The van der Waals surface area contributed by atoms with Gasteiger partial charge in [0.1, 0.15) is 5.60 Å². The van der Waals surface area contributed by atoms with Crippen molar-refractivity contribution < 1.29 is 19.1 Å². The van der Waals surface area contributed by atoms with Gasteiger partial charge in [-0.2, -0.15) is 0 Å². The Labute approximate surface area is 181 Å². The van der Waals surface area contributed by atoms with Gasteiger partial charge in [0.15, 0.2) is 0 Å². The number of rotatable bonds is 3. The lowest BCUT2D eigenvalue weighted by atomic mass is 9.76. The van der Waals surface area contributed by atoms with Crippen molar-refractivity contribution in [3.8, 4) is 0 Å². The highest BCUT2D eigenvalue weighted by Crippen LogP contribution is 2.53. The molecular formula is C24H27N3O4. The van der Waals surface area contributed by atoms with E-state index in [0.717, 1.165) is 43.4 Å². The molecule has 1 aromatic rings. The van der Waals surface area contributed by atoms with Crippen LogP contribution in [-0.2, 0) is 25.5 Å². The summed E-state index contributed by atoms with van der Waals surface area (Å²) in [5, 5.41) is 3.03. The highest BCUT2D eigenvalue weighted by atomic mass is 16.5. The smallest absolute Gasteiger partial charge is 0.231 e. The second-order valence-electron chi connectivity index (χ2n) is 9.56. The average molecular weight is 421 g/mol. The van der Waals surface area contributed by atoms with Gasteiger partial charge >= 0.3 is 0 Å². The molecule has 3 fully saturated rings. The summed E-state index contributed by atoms with van der Waals surface area (Å²) in [5.41, 5.74) is 2.02. The Morgan fingerprint density at radius 3 is 2.81 bits per heavy atom. The number of likely N-dealkylation sites (tertiary alicyclic amines) is 1. The molecule has 0 unspecified atom stereocenters. The Kier molecular flexibility index (Phi) is 4.09. The number of hydrogen-bond acceptors (Lipinski definition) is 4. The lowest BCUT2D eigenvalue weighted by molar-refractivity contribution is -0.137. The van der Waals surface area contributed by atoms with Crippen molar-refractivity contribution in [3.63, 3.8) is 0 Å². The number of carbonyl (C=O) groups is 3. The first-order valence-electron chi connectivity index (χ1n) is 11.4. The molecule has 1 N–H and O–H groups in total. The van der Waals surface area contributed by atoms with E-state index >= 15 is 0 Å². The first-order valence-corrected chi connectivity index (χ1v) is 11.4. The number of carbonyl (C=O) groups excluding carboxylic acids is 3. The lowest BCUT2D eigenvalue weighted by Gasteiger charge is -2.27. The van der Waals surface area contributed by atoms with Crippen molar-refractivity contribution in [2.24, 2.45) is 11.8 Å². The summed E-state index contributed by atoms with van der Waals surface area (Å²) >= 11 is 0. The minimum absolute atomic E-state index is 0.0262. The number of benzene rings is 1. The molecule has 3 amide bonds. The van der Waals surface area contributed by atoms with E-state index < -0.39 is 17.4 Å². The van der Waals surface area contributed by atoms with Gasteiger partial charge in [0.2, 0.25) is 17.7 Å². The molecule has 1 aliphatic carbocycles. The van der Waals surface area contributed by atoms with Crippen LogP contribution in [0.2, 0.25) is 0 Å². The monoisotopic (exact) mass is 421 g/mol. The Morgan fingerprint density at radius 1 is 1.23 bits per heavy atom. The molecule has 0 aromatic heterocycles. The second-order valence-corrected chi connectivity index (χ2v) is 9.56. The molecule has 5 aliphatic rings. The number of ether oxygens (including phenoxy) is 1. The van der Waals surface area contributed by atoms with Gasteiger partial charge in [0.05, 0.1) is 24.5 Å². The summed E-state index contributed by atoms with van der Waals surface area (Å²) in [6.45, 7) is 2.80. The predicted molar refractivity (Wildman–Crippen MR) is 114 cm³/mol. The van der Waals surface area contributed by atoms with Crippen molar-refractivity contribution in [2.75, 3.05) is 23.3 Å². The summed E-state index contributed by atoms with van der Waals surface area (Å²) in [5.74, 6) is -1.01. The number of fused-ring (bicyclic) bond motifs is 2. The zero-order valence-electron chi connectivity index (χ0n) is 17.7. The van der Waals surface area contributed by atoms with Gasteiger partial charge in [0.25, 0.3) is 0 Å².